The number of fused-ring (bicyclic) bond motifs is 3. The van der Waals surface area contributed by atoms with E-state index in [0.717, 1.165) is 17.7 Å². The lowest BCUT2D eigenvalue weighted by molar-refractivity contribution is -0.137. The molecule has 2 N–H and O–H groups in total. The molecule has 0 atom stereocenters. The van der Waals surface area contributed by atoms with Crippen LogP contribution in [0.3, 0.4) is 0 Å². The normalized spacial score (nSPS) is 12.2. The average molecular weight is 322 g/mol. The van der Waals surface area contributed by atoms with Crippen LogP contribution < -0.4 is 10.9 Å². The largest absolute Gasteiger partial charge is 0.416 e. The summed E-state index contributed by atoms with van der Waals surface area (Å²) in [6.07, 6.45) is -2.27. The van der Waals surface area contributed by atoms with Crippen molar-refractivity contribution in [1.29, 1.82) is 0 Å². The Morgan fingerprint density at radius 2 is 2.09 bits per heavy atom. The molecule has 0 bridgehead atoms. The first-order valence-corrected chi connectivity index (χ1v) is 7.11. The van der Waals surface area contributed by atoms with Gasteiger partial charge >= 0.3 is 6.18 Å². The lowest BCUT2D eigenvalue weighted by Crippen LogP contribution is -2.14. The number of aromatic nitrogens is 3. The Kier molecular flexibility index (Phi) is 3.89. The van der Waals surface area contributed by atoms with Crippen LogP contribution in [0.15, 0.2) is 24.4 Å². The summed E-state index contributed by atoms with van der Waals surface area (Å²) < 4.78 is 40.5. The van der Waals surface area contributed by atoms with E-state index in [2.05, 4.69) is 15.3 Å². The topological polar surface area (TPSA) is 62.5 Å². The number of benzene rings is 1. The van der Waals surface area contributed by atoms with Gasteiger partial charge in [-0.05, 0) is 30.2 Å². The van der Waals surface area contributed by atoms with E-state index in [0.29, 0.717) is 29.9 Å². The molecule has 1 aromatic carbocycles. The SMILES string of the molecule is Bc1cnc2c(NCCCO)nc3cc(C(F)(F)F)ccc3n12. The number of imidazole rings is 1. The number of alkyl halides is 3. The second kappa shape index (κ2) is 5.73. The molecule has 0 unspecified atom stereocenters. The summed E-state index contributed by atoms with van der Waals surface area (Å²) in [7, 11) is 1.83. The smallest absolute Gasteiger partial charge is 0.396 e. The van der Waals surface area contributed by atoms with Gasteiger partial charge in [-0.2, -0.15) is 13.2 Å². The fourth-order valence-corrected chi connectivity index (χ4v) is 2.46. The minimum Gasteiger partial charge on any atom is -0.396 e. The third-order valence-electron chi connectivity index (χ3n) is 3.55. The number of hydrogen-bond acceptors (Lipinski definition) is 4. The van der Waals surface area contributed by atoms with Crippen molar-refractivity contribution in [2.45, 2.75) is 12.6 Å². The fraction of sp³-hybridized carbons (Fsp3) is 0.286. The third kappa shape index (κ3) is 2.84. The zero-order valence-corrected chi connectivity index (χ0v) is 12.4. The van der Waals surface area contributed by atoms with Crippen molar-refractivity contribution < 1.29 is 18.3 Å². The van der Waals surface area contributed by atoms with Gasteiger partial charge in [0, 0.05) is 19.3 Å². The minimum atomic E-state index is -4.42. The number of aliphatic hydroxyl groups is 1. The van der Waals surface area contributed by atoms with Gasteiger partial charge in [0.2, 0.25) is 0 Å². The van der Waals surface area contributed by atoms with Gasteiger partial charge in [0.25, 0.3) is 0 Å². The van der Waals surface area contributed by atoms with Crippen LogP contribution in [0.2, 0.25) is 0 Å². The molecule has 0 aliphatic rings. The number of halogens is 3. The van der Waals surface area contributed by atoms with Crippen molar-refractivity contribution >= 4 is 35.9 Å². The van der Waals surface area contributed by atoms with Gasteiger partial charge in [0.1, 0.15) is 0 Å². The van der Waals surface area contributed by atoms with E-state index in [1.54, 1.807) is 10.6 Å². The first-order chi connectivity index (χ1) is 10.9. The zero-order valence-electron chi connectivity index (χ0n) is 12.4. The minimum absolute atomic E-state index is 0.0164. The molecule has 23 heavy (non-hydrogen) atoms. The summed E-state index contributed by atoms with van der Waals surface area (Å²) >= 11 is 0. The number of nitrogens with one attached hydrogen (secondary N) is 1. The molecule has 3 aromatic rings. The van der Waals surface area contributed by atoms with Gasteiger partial charge < -0.3 is 14.8 Å². The van der Waals surface area contributed by atoms with E-state index in [9.17, 15) is 13.2 Å². The summed E-state index contributed by atoms with van der Waals surface area (Å²) in [4.78, 5) is 8.56. The van der Waals surface area contributed by atoms with Crippen molar-refractivity contribution in [3.05, 3.63) is 30.0 Å². The first-order valence-electron chi connectivity index (χ1n) is 7.11. The highest BCUT2D eigenvalue weighted by molar-refractivity contribution is 6.31. The van der Waals surface area contributed by atoms with Gasteiger partial charge in [0.05, 0.1) is 16.6 Å². The maximum Gasteiger partial charge on any atom is 0.416 e. The summed E-state index contributed by atoms with van der Waals surface area (Å²) in [5.41, 5.74) is 1.41. The number of nitrogens with zero attached hydrogens (tertiary/aromatic N) is 3. The Bertz CT molecular complexity index is 862. The number of anilines is 1. The van der Waals surface area contributed by atoms with Crippen molar-refractivity contribution in [3.8, 4) is 0 Å². The highest BCUT2D eigenvalue weighted by atomic mass is 19.4. The number of aliphatic hydroxyl groups excluding tert-OH is 1. The van der Waals surface area contributed by atoms with Crippen LogP contribution in [0.25, 0.3) is 16.7 Å². The first kappa shape index (κ1) is 15.6. The lowest BCUT2D eigenvalue weighted by atomic mass is 10.1. The molecule has 5 nitrogen and oxygen atoms in total. The van der Waals surface area contributed by atoms with Crippen LogP contribution in [-0.4, -0.2) is 40.5 Å². The van der Waals surface area contributed by atoms with Crippen molar-refractivity contribution in [2.24, 2.45) is 0 Å². The monoisotopic (exact) mass is 322 g/mol. The second-order valence-corrected chi connectivity index (χ2v) is 5.22. The van der Waals surface area contributed by atoms with E-state index in [-0.39, 0.29) is 12.1 Å². The fourth-order valence-electron chi connectivity index (χ4n) is 2.46. The quantitative estimate of drug-likeness (QED) is 0.555. The Morgan fingerprint density at radius 1 is 1.30 bits per heavy atom. The van der Waals surface area contributed by atoms with Crippen LogP contribution in [0.5, 0.6) is 0 Å². The molecule has 3 rings (SSSR count). The van der Waals surface area contributed by atoms with Gasteiger partial charge in [-0.25, -0.2) is 9.97 Å². The number of rotatable bonds is 4. The highest BCUT2D eigenvalue weighted by Gasteiger charge is 2.31. The van der Waals surface area contributed by atoms with Crippen molar-refractivity contribution in [2.75, 3.05) is 18.5 Å². The Hall–Kier alpha value is -2.29. The summed E-state index contributed by atoms with van der Waals surface area (Å²) in [6.45, 7) is 0.470. The molecule has 9 heteroatoms. The van der Waals surface area contributed by atoms with Crippen LogP contribution in [0, 0.1) is 0 Å². The Labute approximate surface area is 130 Å². The summed E-state index contributed by atoms with van der Waals surface area (Å²) in [5, 5.41) is 11.9. The highest BCUT2D eigenvalue weighted by Crippen LogP contribution is 2.31. The third-order valence-corrected chi connectivity index (χ3v) is 3.55. The van der Waals surface area contributed by atoms with Gasteiger partial charge in [-0.15, -0.1) is 0 Å². The Balaban J connectivity index is 2.21. The van der Waals surface area contributed by atoms with Crippen molar-refractivity contribution in [1.82, 2.24) is 14.4 Å². The van der Waals surface area contributed by atoms with Gasteiger partial charge in [0.15, 0.2) is 19.3 Å². The predicted molar refractivity (Wildman–Crippen MR) is 83.9 cm³/mol. The summed E-state index contributed by atoms with van der Waals surface area (Å²) in [6, 6.07) is 3.48. The molecule has 0 spiro atoms. The summed E-state index contributed by atoms with van der Waals surface area (Å²) in [5.74, 6) is 0.401. The maximum atomic E-state index is 12.9. The molecule has 120 valence electrons. The van der Waals surface area contributed by atoms with Crippen LogP contribution in [0.1, 0.15) is 12.0 Å². The molecule has 0 aliphatic heterocycles. The molecule has 0 saturated carbocycles. The van der Waals surface area contributed by atoms with Gasteiger partial charge in [-0.1, -0.05) is 0 Å². The Morgan fingerprint density at radius 3 is 2.78 bits per heavy atom. The van der Waals surface area contributed by atoms with Crippen LogP contribution in [-0.2, 0) is 6.18 Å². The molecular formula is C14H14BF3N4O. The van der Waals surface area contributed by atoms with Crippen LogP contribution in [0.4, 0.5) is 19.0 Å². The molecule has 0 amide bonds. The molecule has 0 radical (unpaired) electrons. The predicted octanol–water partition coefficient (Wildman–Crippen LogP) is 0.954. The maximum absolute atomic E-state index is 12.9. The van der Waals surface area contributed by atoms with Gasteiger partial charge in [-0.3, -0.25) is 0 Å². The zero-order chi connectivity index (χ0) is 16.6. The van der Waals surface area contributed by atoms with E-state index < -0.39 is 11.7 Å². The molecule has 2 heterocycles. The molecule has 0 aliphatic carbocycles. The van der Waals surface area contributed by atoms with Crippen LogP contribution >= 0.6 is 0 Å². The molecule has 2 aromatic heterocycles. The standard InChI is InChI=1S/C14H14BF3N4O/c15-11-7-20-13-12(19-4-1-5-23)21-9-6-8(14(16,17)18)2-3-10(9)22(11)13/h2-3,6-7,23H,1,4-5,15H2,(H,19,21). The average Bonchev–Trinajstić information content (AvgIpc) is 2.88. The van der Waals surface area contributed by atoms with E-state index >= 15 is 0 Å². The van der Waals surface area contributed by atoms with E-state index in [4.69, 9.17) is 5.11 Å². The molecule has 0 fully saturated rings. The number of hydrogen-bond donors (Lipinski definition) is 2. The molecular weight excluding hydrogens is 308 g/mol. The van der Waals surface area contributed by atoms with E-state index in [1.807, 2.05) is 7.85 Å². The van der Waals surface area contributed by atoms with E-state index in [1.165, 1.54) is 6.07 Å². The second-order valence-electron chi connectivity index (χ2n) is 5.22. The molecule has 0 saturated heterocycles. The lowest BCUT2D eigenvalue weighted by Gasteiger charge is -2.12. The van der Waals surface area contributed by atoms with Crippen molar-refractivity contribution in [3.63, 3.8) is 0 Å².